The molecule has 3 aromatic carbocycles. The molecule has 5 nitrogen and oxygen atoms in total. The van der Waals surface area contributed by atoms with Crippen LogP contribution >= 0.6 is 0 Å². The lowest BCUT2D eigenvalue weighted by Crippen LogP contribution is -2.32. The zero-order chi connectivity index (χ0) is 20.4. The number of nitrogens with zero attached hydrogens (tertiary/aromatic N) is 1. The van der Waals surface area contributed by atoms with Gasteiger partial charge in [-0.05, 0) is 54.3 Å². The molecule has 0 atom stereocenters. The molecule has 0 bridgehead atoms. The van der Waals surface area contributed by atoms with Crippen LogP contribution in [0.4, 0.5) is 0 Å². The molecule has 0 N–H and O–H groups in total. The summed E-state index contributed by atoms with van der Waals surface area (Å²) in [6.07, 6.45) is 2.01. The first-order chi connectivity index (χ1) is 14.0. The van der Waals surface area contributed by atoms with Crippen molar-refractivity contribution >= 4 is 26.8 Å². The van der Waals surface area contributed by atoms with E-state index in [2.05, 4.69) is 0 Å². The molecule has 1 saturated carbocycles. The van der Waals surface area contributed by atoms with E-state index >= 15 is 0 Å². The van der Waals surface area contributed by atoms with Crippen molar-refractivity contribution < 1.29 is 17.4 Å². The molecule has 1 fully saturated rings. The average molecular weight is 410 g/mol. The van der Waals surface area contributed by atoms with Crippen molar-refractivity contribution in [1.29, 1.82) is 0 Å². The van der Waals surface area contributed by atoms with Gasteiger partial charge in [-0.2, -0.15) is 8.42 Å². The highest BCUT2D eigenvalue weighted by atomic mass is 32.2. The van der Waals surface area contributed by atoms with Gasteiger partial charge in [0.2, 0.25) is 0 Å². The van der Waals surface area contributed by atoms with Crippen molar-refractivity contribution in [3.63, 3.8) is 0 Å². The third kappa shape index (κ3) is 4.43. The number of hydrogen-bond donors (Lipinski definition) is 0. The Morgan fingerprint density at radius 3 is 2.38 bits per heavy atom. The van der Waals surface area contributed by atoms with Gasteiger partial charge in [0, 0.05) is 18.2 Å². The first-order valence-corrected chi connectivity index (χ1v) is 11.3. The van der Waals surface area contributed by atoms with Crippen molar-refractivity contribution in [1.82, 2.24) is 4.90 Å². The van der Waals surface area contributed by atoms with E-state index in [1.165, 1.54) is 6.92 Å². The summed E-state index contributed by atoms with van der Waals surface area (Å²) in [7, 11) is -3.55. The second-order valence-electron chi connectivity index (χ2n) is 7.26. The molecule has 0 spiro atoms. The van der Waals surface area contributed by atoms with Crippen LogP contribution in [0.5, 0.6) is 5.75 Å². The smallest absolute Gasteiger partial charge is 0.308 e. The van der Waals surface area contributed by atoms with E-state index in [4.69, 9.17) is 4.18 Å². The van der Waals surface area contributed by atoms with Gasteiger partial charge < -0.3 is 9.08 Å². The molecule has 0 unspecified atom stereocenters. The number of hydrogen-bond acceptors (Lipinski definition) is 4. The Labute approximate surface area is 171 Å². The predicted molar refractivity (Wildman–Crippen MR) is 113 cm³/mol. The zero-order valence-electron chi connectivity index (χ0n) is 16.2. The van der Waals surface area contributed by atoms with E-state index < -0.39 is 10.1 Å². The van der Waals surface area contributed by atoms with Gasteiger partial charge in [0.15, 0.2) is 0 Å². The number of benzene rings is 3. The molecule has 1 amide bonds. The topological polar surface area (TPSA) is 63.7 Å². The normalized spacial score (nSPS) is 14.0. The molecule has 0 aromatic heterocycles. The van der Waals surface area contributed by atoms with Gasteiger partial charge in [-0.3, -0.25) is 4.79 Å². The number of fused-ring (bicyclic) bond motifs is 1. The number of carbonyl (C=O) groups is 1. The molecule has 0 aliphatic heterocycles. The summed E-state index contributed by atoms with van der Waals surface area (Å²) < 4.78 is 28.2. The number of rotatable bonds is 7. The highest BCUT2D eigenvalue weighted by Crippen LogP contribution is 2.31. The molecule has 150 valence electrons. The SMILES string of the molecule is CCS(=O)(=O)Oc1ccc(CN(C(=O)c2cccc3ccccc23)C2CC2)cc1. The molecule has 29 heavy (non-hydrogen) atoms. The summed E-state index contributed by atoms with van der Waals surface area (Å²) in [4.78, 5) is 15.3. The van der Waals surface area contributed by atoms with Gasteiger partial charge in [-0.1, -0.05) is 48.5 Å². The molecule has 4 rings (SSSR count). The van der Waals surface area contributed by atoms with Crippen LogP contribution in [-0.2, 0) is 16.7 Å². The molecule has 0 heterocycles. The second-order valence-corrected chi connectivity index (χ2v) is 9.12. The first-order valence-electron chi connectivity index (χ1n) is 9.76. The van der Waals surface area contributed by atoms with Gasteiger partial charge in [0.05, 0.1) is 5.75 Å². The average Bonchev–Trinajstić information content (AvgIpc) is 3.57. The van der Waals surface area contributed by atoms with Crippen LogP contribution in [0.25, 0.3) is 10.8 Å². The summed E-state index contributed by atoms with van der Waals surface area (Å²) in [6.45, 7) is 2.02. The molecule has 1 aliphatic carbocycles. The van der Waals surface area contributed by atoms with Gasteiger partial charge in [0.25, 0.3) is 5.91 Å². The predicted octanol–water partition coefficient (Wildman–Crippen LogP) is 4.37. The van der Waals surface area contributed by atoms with Crippen LogP contribution in [0, 0.1) is 0 Å². The minimum absolute atomic E-state index is 0.0261. The fourth-order valence-electron chi connectivity index (χ4n) is 3.37. The Morgan fingerprint density at radius 2 is 1.69 bits per heavy atom. The minimum atomic E-state index is -3.55. The maximum atomic E-state index is 13.4. The van der Waals surface area contributed by atoms with Crippen LogP contribution < -0.4 is 4.18 Å². The van der Waals surface area contributed by atoms with Crippen LogP contribution in [-0.4, -0.2) is 31.0 Å². The Bertz CT molecular complexity index is 1130. The highest BCUT2D eigenvalue weighted by molar-refractivity contribution is 7.87. The lowest BCUT2D eigenvalue weighted by Gasteiger charge is -2.23. The second kappa shape index (κ2) is 7.87. The highest BCUT2D eigenvalue weighted by Gasteiger charge is 2.33. The fraction of sp³-hybridized carbons (Fsp3) is 0.261. The van der Waals surface area contributed by atoms with Crippen LogP contribution in [0.15, 0.2) is 66.7 Å². The summed E-state index contributed by atoms with van der Waals surface area (Å²) in [6, 6.07) is 20.9. The summed E-state index contributed by atoms with van der Waals surface area (Å²) in [5.74, 6) is 0.233. The van der Waals surface area contributed by atoms with E-state index in [0.717, 1.165) is 29.2 Å². The zero-order valence-corrected chi connectivity index (χ0v) is 17.1. The maximum Gasteiger partial charge on any atom is 0.308 e. The summed E-state index contributed by atoms with van der Waals surface area (Å²) in [5.41, 5.74) is 1.65. The van der Waals surface area contributed by atoms with E-state index in [0.29, 0.717) is 12.1 Å². The Morgan fingerprint density at radius 1 is 1.00 bits per heavy atom. The van der Waals surface area contributed by atoms with Crippen LogP contribution in [0.3, 0.4) is 0 Å². The summed E-state index contributed by atoms with van der Waals surface area (Å²) in [5, 5.41) is 2.01. The molecule has 6 heteroatoms. The number of amides is 1. The summed E-state index contributed by atoms with van der Waals surface area (Å²) >= 11 is 0. The van der Waals surface area contributed by atoms with Crippen molar-refractivity contribution in [2.45, 2.75) is 32.4 Å². The van der Waals surface area contributed by atoms with E-state index in [1.807, 2.05) is 59.5 Å². The monoisotopic (exact) mass is 409 g/mol. The lowest BCUT2D eigenvalue weighted by atomic mass is 10.0. The molecule has 3 aromatic rings. The maximum absolute atomic E-state index is 13.4. The Balaban J connectivity index is 1.56. The van der Waals surface area contributed by atoms with Gasteiger partial charge >= 0.3 is 10.1 Å². The van der Waals surface area contributed by atoms with E-state index in [9.17, 15) is 13.2 Å². The molecule has 0 saturated heterocycles. The third-order valence-corrected chi connectivity index (χ3v) is 6.28. The lowest BCUT2D eigenvalue weighted by molar-refractivity contribution is 0.0732. The minimum Gasteiger partial charge on any atom is -0.382 e. The van der Waals surface area contributed by atoms with Crippen molar-refractivity contribution in [3.8, 4) is 5.75 Å². The van der Waals surface area contributed by atoms with Crippen LogP contribution in [0.1, 0.15) is 35.7 Å². The molecular formula is C23H23NO4S. The standard InChI is InChI=1S/C23H23NO4S/c1-2-29(26,27)28-20-14-10-17(11-15-20)16-24(19-12-13-19)23(25)22-9-5-7-18-6-3-4-8-21(18)22/h3-11,14-15,19H,2,12-13,16H2,1H3. The molecular weight excluding hydrogens is 386 g/mol. The number of carbonyl (C=O) groups excluding carboxylic acids is 1. The molecule has 1 aliphatic rings. The largest absolute Gasteiger partial charge is 0.382 e. The van der Waals surface area contributed by atoms with E-state index in [-0.39, 0.29) is 23.5 Å². The van der Waals surface area contributed by atoms with Crippen molar-refractivity contribution in [2.24, 2.45) is 0 Å². The van der Waals surface area contributed by atoms with Gasteiger partial charge in [0.1, 0.15) is 5.75 Å². The van der Waals surface area contributed by atoms with Crippen LogP contribution in [0.2, 0.25) is 0 Å². The fourth-order valence-corrected chi connectivity index (χ4v) is 3.89. The van der Waals surface area contributed by atoms with Gasteiger partial charge in [-0.25, -0.2) is 0 Å². The molecule has 0 radical (unpaired) electrons. The Kier molecular flexibility index (Phi) is 5.28. The van der Waals surface area contributed by atoms with Gasteiger partial charge in [-0.15, -0.1) is 0 Å². The quantitative estimate of drug-likeness (QED) is 0.544. The van der Waals surface area contributed by atoms with E-state index in [1.54, 1.807) is 12.1 Å². The Hall–Kier alpha value is -2.86. The van der Waals surface area contributed by atoms with Crippen molar-refractivity contribution in [3.05, 3.63) is 77.9 Å². The van der Waals surface area contributed by atoms with Crippen molar-refractivity contribution in [2.75, 3.05) is 5.75 Å². The third-order valence-electron chi connectivity index (χ3n) is 5.12. The first kappa shape index (κ1) is 19.5.